The topological polar surface area (TPSA) is 35.5 Å². The number of para-hydroxylation sites is 1. The number of aliphatic hydroxyl groups excluding tert-OH is 1. The second-order valence-electron chi connectivity index (χ2n) is 6.76. The smallest absolute Gasteiger partial charge is 0.0916 e. The molecule has 3 heteroatoms. The number of benzene rings is 3. The van der Waals surface area contributed by atoms with Crippen LogP contribution in [0.2, 0.25) is 0 Å². The zero-order chi connectivity index (χ0) is 18.4. The lowest BCUT2D eigenvalue weighted by atomic mass is 10.1. The highest BCUT2D eigenvalue weighted by Gasteiger charge is 2.10. The third kappa shape index (κ3) is 4.94. The van der Waals surface area contributed by atoms with Crippen molar-refractivity contribution in [2.24, 2.45) is 0 Å². The third-order valence-electron chi connectivity index (χ3n) is 4.50. The van der Waals surface area contributed by atoms with Crippen molar-refractivity contribution in [3.63, 3.8) is 0 Å². The van der Waals surface area contributed by atoms with E-state index in [0.717, 1.165) is 23.5 Å². The molecule has 26 heavy (non-hydrogen) atoms. The maximum atomic E-state index is 10.4. The Balaban J connectivity index is 1.56. The van der Waals surface area contributed by atoms with E-state index in [9.17, 15) is 5.11 Å². The van der Waals surface area contributed by atoms with E-state index in [2.05, 4.69) is 53.5 Å². The van der Waals surface area contributed by atoms with Crippen LogP contribution in [0.4, 0.5) is 11.4 Å². The molecule has 0 saturated heterocycles. The molecule has 0 amide bonds. The minimum absolute atomic E-state index is 0.469. The van der Waals surface area contributed by atoms with Crippen molar-refractivity contribution < 1.29 is 5.11 Å². The lowest BCUT2D eigenvalue weighted by molar-refractivity contribution is 0.124. The molecular formula is C23H26N2O. The van der Waals surface area contributed by atoms with Gasteiger partial charge in [0.05, 0.1) is 6.10 Å². The maximum absolute atomic E-state index is 10.4. The van der Waals surface area contributed by atoms with Crippen molar-refractivity contribution in [1.29, 1.82) is 0 Å². The molecule has 0 aromatic heterocycles. The molecule has 0 aliphatic rings. The van der Waals surface area contributed by atoms with E-state index >= 15 is 0 Å². The summed E-state index contributed by atoms with van der Waals surface area (Å²) < 4.78 is 0. The molecule has 3 rings (SSSR count). The monoisotopic (exact) mass is 346 g/mol. The predicted molar refractivity (Wildman–Crippen MR) is 109 cm³/mol. The minimum Gasteiger partial charge on any atom is -0.387 e. The highest BCUT2D eigenvalue weighted by molar-refractivity contribution is 5.62. The Labute approximate surface area is 155 Å². The zero-order valence-corrected chi connectivity index (χ0v) is 15.4. The van der Waals surface area contributed by atoms with Crippen molar-refractivity contribution in [2.45, 2.75) is 19.6 Å². The van der Waals surface area contributed by atoms with Gasteiger partial charge in [0.25, 0.3) is 0 Å². The molecule has 0 radical (unpaired) electrons. The number of nitrogens with one attached hydrogen (secondary N) is 1. The van der Waals surface area contributed by atoms with E-state index in [-0.39, 0.29) is 0 Å². The SMILES string of the molecule is Cc1ccccc1Nc1ccc(CN(C)CC(O)c2ccccc2)cc1. The van der Waals surface area contributed by atoms with Crippen LogP contribution in [0.15, 0.2) is 78.9 Å². The van der Waals surface area contributed by atoms with E-state index in [1.807, 2.05) is 49.5 Å². The van der Waals surface area contributed by atoms with Gasteiger partial charge in [0.2, 0.25) is 0 Å². The quantitative estimate of drug-likeness (QED) is 0.638. The summed E-state index contributed by atoms with van der Waals surface area (Å²) in [5.74, 6) is 0. The molecule has 0 spiro atoms. The van der Waals surface area contributed by atoms with Gasteiger partial charge in [0, 0.05) is 24.5 Å². The summed E-state index contributed by atoms with van der Waals surface area (Å²) in [5.41, 5.74) is 5.62. The number of likely N-dealkylation sites (N-methyl/N-ethyl adjacent to an activating group) is 1. The number of nitrogens with zero attached hydrogens (tertiary/aromatic N) is 1. The fraction of sp³-hybridized carbons (Fsp3) is 0.217. The van der Waals surface area contributed by atoms with E-state index in [0.29, 0.717) is 6.54 Å². The predicted octanol–water partition coefficient (Wildman–Crippen LogP) is 4.90. The number of aliphatic hydroxyl groups is 1. The summed E-state index contributed by atoms with van der Waals surface area (Å²) >= 11 is 0. The molecule has 0 aliphatic heterocycles. The summed E-state index contributed by atoms with van der Waals surface area (Å²) in [6.07, 6.45) is -0.469. The summed E-state index contributed by atoms with van der Waals surface area (Å²) in [6.45, 7) is 3.51. The Morgan fingerprint density at radius 3 is 2.23 bits per heavy atom. The van der Waals surface area contributed by atoms with Crippen LogP contribution >= 0.6 is 0 Å². The van der Waals surface area contributed by atoms with Gasteiger partial charge in [0.15, 0.2) is 0 Å². The zero-order valence-electron chi connectivity index (χ0n) is 15.4. The first-order chi connectivity index (χ1) is 12.6. The first-order valence-corrected chi connectivity index (χ1v) is 8.95. The van der Waals surface area contributed by atoms with Gasteiger partial charge >= 0.3 is 0 Å². The molecule has 134 valence electrons. The average molecular weight is 346 g/mol. The van der Waals surface area contributed by atoms with Crippen molar-refractivity contribution in [1.82, 2.24) is 4.90 Å². The van der Waals surface area contributed by atoms with Gasteiger partial charge in [-0.3, -0.25) is 4.90 Å². The lowest BCUT2D eigenvalue weighted by Gasteiger charge is -2.21. The van der Waals surface area contributed by atoms with E-state index in [1.54, 1.807) is 0 Å². The van der Waals surface area contributed by atoms with Crippen LogP contribution in [-0.2, 0) is 6.54 Å². The van der Waals surface area contributed by atoms with Gasteiger partial charge < -0.3 is 10.4 Å². The van der Waals surface area contributed by atoms with Crippen LogP contribution in [0, 0.1) is 6.92 Å². The maximum Gasteiger partial charge on any atom is 0.0916 e. The molecule has 3 nitrogen and oxygen atoms in total. The molecule has 0 fully saturated rings. The van der Waals surface area contributed by atoms with E-state index in [1.165, 1.54) is 11.1 Å². The Morgan fingerprint density at radius 1 is 0.885 bits per heavy atom. The fourth-order valence-corrected chi connectivity index (χ4v) is 3.01. The lowest BCUT2D eigenvalue weighted by Crippen LogP contribution is -2.24. The Kier molecular flexibility index (Phi) is 6.05. The summed E-state index contributed by atoms with van der Waals surface area (Å²) in [5, 5.41) is 13.8. The Morgan fingerprint density at radius 2 is 1.54 bits per heavy atom. The van der Waals surface area contributed by atoms with Gasteiger partial charge in [-0.25, -0.2) is 0 Å². The van der Waals surface area contributed by atoms with Crippen LogP contribution < -0.4 is 5.32 Å². The number of rotatable bonds is 7. The van der Waals surface area contributed by atoms with E-state index in [4.69, 9.17) is 0 Å². The van der Waals surface area contributed by atoms with Crippen molar-refractivity contribution in [2.75, 3.05) is 18.9 Å². The first kappa shape index (κ1) is 18.2. The normalized spacial score (nSPS) is 12.2. The third-order valence-corrected chi connectivity index (χ3v) is 4.50. The molecule has 1 unspecified atom stereocenters. The minimum atomic E-state index is -0.469. The molecule has 0 saturated carbocycles. The van der Waals surface area contributed by atoms with Gasteiger partial charge in [-0.15, -0.1) is 0 Å². The van der Waals surface area contributed by atoms with Crippen LogP contribution in [0.5, 0.6) is 0 Å². The van der Waals surface area contributed by atoms with Gasteiger partial charge in [0.1, 0.15) is 0 Å². The number of aryl methyl sites for hydroxylation is 1. The number of anilines is 2. The summed E-state index contributed by atoms with van der Waals surface area (Å²) in [7, 11) is 2.03. The molecule has 2 N–H and O–H groups in total. The van der Waals surface area contributed by atoms with Crippen LogP contribution in [-0.4, -0.2) is 23.6 Å². The molecule has 0 bridgehead atoms. The van der Waals surface area contributed by atoms with Crippen molar-refractivity contribution in [3.05, 3.63) is 95.6 Å². The highest BCUT2D eigenvalue weighted by atomic mass is 16.3. The van der Waals surface area contributed by atoms with Gasteiger partial charge in [-0.2, -0.15) is 0 Å². The molecule has 3 aromatic rings. The Bertz CT molecular complexity index is 815. The fourth-order valence-electron chi connectivity index (χ4n) is 3.01. The van der Waals surface area contributed by atoms with Crippen molar-refractivity contribution >= 4 is 11.4 Å². The second-order valence-corrected chi connectivity index (χ2v) is 6.76. The van der Waals surface area contributed by atoms with Crippen LogP contribution in [0.3, 0.4) is 0 Å². The molecule has 1 atom stereocenters. The second kappa shape index (κ2) is 8.65. The van der Waals surface area contributed by atoms with Crippen molar-refractivity contribution in [3.8, 4) is 0 Å². The summed E-state index contributed by atoms with van der Waals surface area (Å²) in [6, 6.07) is 26.5. The Hall–Kier alpha value is -2.62. The number of hydrogen-bond acceptors (Lipinski definition) is 3. The summed E-state index contributed by atoms with van der Waals surface area (Å²) in [4.78, 5) is 2.14. The average Bonchev–Trinajstić information content (AvgIpc) is 2.66. The van der Waals surface area contributed by atoms with E-state index < -0.39 is 6.10 Å². The van der Waals surface area contributed by atoms with Gasteiger partial charge in [-0.1, -0.05) is 60.7 Å². The largest absolute Gasteiger partial charge is 0.387 e. The van der Waals surface area contributed by atoms with Gasteiger partial charge in [-0.05, 0) is 48.9 Å². The molecular weight excluding hydrogens is 320 g/mol. The van der Waals surface area contributed by atoms with Crippen LogP contribution in [0.1, 0.15) is 22.8 Å². The first-order valence-electron chi connectivity index (χ1n) is 8.95. The highest BCUT2D eigenvalue weighted by Crippen LogP contribution is 2.21. The molecule has 0 aliphatic carbocycles. The molecule has 0 heterocycles. The standard InChI is InChI=1S/C23H26N2O/c1-18-8-6-7-11-22(18)24-21-14-12-19(13-15-21)16-25(2)17-23(26)20-9-4-3-5-10-20/h3-15,23-24,26H,16-17H2,1-2H3. The number of hydrogen-bond donors (Lipinski definition) is 2. The molecule has 3 aromatic carbocycles. The van der Waals surface area contributed by atoms with Crippen LogP contribution in [0.25, 0.3) is 0 Å².